The molecule has 0 saturated heterocycles. The van der Waals surface area contributed by atoms with E-state index in [0.717, 1.165) is 18.8 Å². The molecule has 1 saturated carbocycles. The molecule has 4 aliphatic carbocycles. The van der Waals surface area contributed by atoms with Crippen LogP contribution in [0.25, 0.3) is 0 Å². The number of hydrogen-bond acceptors (Lipinski definition) is 1. The number of amides is 2. The van der Waals surface area contributed by atoms with E-state index in [1.165, 1.54) is 31.3 Å². The largest absolute Gasteiger partial charge is 0.352 e. The summed E-state index contributed by atoms with van der Waals surface area (Å²) >= 11 is 0. The summed E-state index contributed by atoms with van der Waals surface area (Å²) < 4.78 is 0. The highest BCUT2D eigenvalue weighted by atomic mass is 16.2. The molecule has 0 aromatic heterocycles. The first kappa shape index (κ1) is 23.4. The summed E-state index contributed by atoms with van der Waals surface area (Å²) in [6.45, 7) is 14.4. The second-order valence-corrected chi connectivity index (χ2v) is 12.0. The van der Waals surface area contributed by atoms with E-state index in [1.807, 2.05) is 0 Å². The Kier molecular flexibility index (Phi) is 6.24. The second kappa shape index (κ2) is 8.54. The average molecular weight is 437 g/mol. The van der Waals surface area contributed by atoms with Gasteiger partial charge in [-0.05, 0) is 90.1 Å². The smallest absolute Gasteiger partial charge is 0.312 e. The van der Waals surface area contributed by atoms with Gasteiger partial charge >= 0.3 is 6.03 Å². The van der Waals surface area contributed by atoms with Crippen LogP contribution < -0.4 is 11.1 Å². The number of fused-ring (bicyclic) bond motifs is 4. The van der Waals surface area contributed by atoms with Crippen LogP contribution in [0, 0.1) is 40.4 Å². The molecule has 176 valence electrons. The molecule has 0 aromatic rings. The van der Waals surface area contributed by atoms with Crippen molar-refractivity contribution in [3.63, 3.8) is 0 Å². The van der Waals surface area contributed by atoms with Crippen molar-refractivity contribution < 1.29 is 4.79 Å². The van der Waals surface area contributed by atoms with Crippen LogP contribution in [0.1, 0.15) is 80.1 Å². The van der Waals surface area contributed by atoms with Gasteiger partial charge in [-0.15, -0.1) is 0 Å². The minimum atomic E-state index is -0.422. The van der Waals surface area contributed by atoms with Crippen LogP contribution >= 0.6 is 0 Å². The second-order valence-electron chi connectivity index (χ2n) is 12.0. The Morgan fingerprint density at radius 1 is 1.06 bits per heavy atom. The number of nitrogens with two attached hydrogens (primary N) is 1. The van der Waals surface area contributed by atoms with Crippen LogP contribution in [-0.2, 0) is 0 Å². The number of hydrogen-bond donors (Lipinski definition) is 2. The fraction of sp³-hybridized carbons (Fsp3) is 0.690. The lowest BCUT2D eigenvalue weighted by Crippen LogP contribution is -2.45. The van der Waals surface area contributed by atoms with E-state index >= 15 is 0 Å². The molecule has 7 atom stereocenters. The number of carbonyl (C=O) groups is 1. The summed E-state index contributed by atoms with van der Waals surface area (Å²) in [5.41, 5.74) is 10.7. The van der Waals surface area contributed by atoms with Crippen LogP contribution in [0.3, 0.4) is 0 Å². The quantitative estimate of drug-likeness (QED) is 0.451. The highest BCUT2D eigenvalue weighted by molar-refractivity contribution is 5.72. The van der Waals surface area contributed by atoms with Crippen molar-refractivity contribution in [3.05, 3.63) is 47.1 Å². The van der Waals surface area contributed by atoms with Crippen molar-refractivity contribution in [1.29, 1.82) is 0 Å². The normalized spacial score (nSPS) is 38.2. The minimum absolute atomic E-state index is 0.0695. The molecule has 3 nitrogen and oxygen atoms in total. The van der Waals surface area contributed by atoms with Gasteiger partial charge in [0.05, 0.1) is 0 Å². The summed E-state index contributed by atoms with van der Waals surface area (Å²) in [7, 11) is 0. The maximum absolute atomic E-state index is 11.3. The Balaban J connectivity index is 1.62. The van der Waals surface area contributed by atoms with Gasteiger partial charge in [0, 0.05) is 6.04 Å². The van der Waals surface area contributed by atoms with Crippen molar-refractivity contribution in [2.75, 3.05) is 0 Å². The molecule has 0 heterocycles. The molecular weight excluding hydrogens is 392 g/mol. The maximum atomic E-state index is 11.3. The van der Waals surface area contributed by atoms with Crippen molar-refractivity contribution in [3.8, 4) is 0 Å². The molecule has 32 heavy (non-hydrogen) atoms. The van der Waals surface area contributed by atoms with E-state index in [1.54, 1.807) is 11.1 Å². The van der Waals surface area contributed by atoms with Crippen LogP contribution in [-0.4, -0.2) is 12.1 Å². The van der Waals surface area contributed by atoms with Crippen LogP contribution in [0.2, 0.25) is 0 Å². The van der Waals surface area contributed by atoms with E-state index in [4.69, 9.17) is 5.73 Å². The van der Waals surface area contributed by atoms with Crippen LogP contribution in [0.15, 0.2) is 47.1 Å². The van der Waals surface area contributed by atoms with E-state index in [-0.39, 0.29) is 11.5 Å². The minimum Gasteiger partial charge on any atom is -0.352 e. The Morgan fingerprint density at radius 2 is 1.78 bits per heavy atom. The molecule has 4 aliphatic rings. The number of nitrogens with one attached hydrogen (secondary N) is 1. The molecule has 3 N–H and O–H groups in total. The first-order valence-electron chi connectivity index (χ1n) is 12.9. The fourth-order valence-electron chi connectivity index (χ4n) is 7.36. The zero-order chi connectivity index (χ0) is 23.3. The monoisotopic (exact) mass is 436 g/mol. The van der Waals surface area contributed by atoms with E-state index in [0.29, 0.717) is 29.1 Å². The summed E-state index contributed by atoms with van der Waals surface area (Å²) in [5.74, 6) is 3.34. The molecule has 0 radical (unpaired) electrons. The molecule has 0 aliphatic heterocycles. The summed E-state index contributed by atoms with van der Waals surface area (Å²) in [6.07, 6.45) is 19.3. The summed E-state index contributed by atoms with van der Waals surface area (Å²) in [6, 6.07) is -0.352. The van der Waals surface area contributed by atoms with Gasteiger partial charge in [-0.2, -0.15) is 0 Å². The number of carbonyl (C=O) groups excluding carboxylic acids is 1. The van der Waals surface area contributed by atoms with E-state index in [2.05, 4.69) is 77.2 Å². The lowest BCUT2D eigenvalue weighted by atomic mass is 9.53. The molecule has 0 spiro atoms. The Labute approximate surface area is 195 Å². The van der Waals surface area contributed by atoms with Gasteiger partial charge in [0.15, 0.2) is 0 Å². The van der Waals surface area contributed by atoms with Gasteiger partial charge in [0.25, 0.3) is 0 Å². The Morgan fingerprint density at radius 3 is 2.47 bits per heavy atom. The third-order valence-corrected chi connectivity index (χ3v) is 9.85. The van der Waals surface area contributed by atoms with Gasteiger partial charge in [-0.3, -0.25) is 0 Å². The average Bonchev–Trinajstić information content (AvgIpc) is 3.08. The van der Waals surface area contributed by atoms with Crippen molar-refractivity contribution in [2.24, 2.45) is 46.2 Å². The predicted octanol–water partition coefficient (Wildman–Crippen LogP) is 6.93. The van der Waals surface area contributed by atoms with Gasteiger partial charge < -0.3 is 11.1 Å². The predicted molar refractivity (Wildman–Crippen MR) is 134 cm³/mol. The SMILES string of the molecule is CC(C)[C@@H](C)/C=C/[C@@H](C)[C@H]1CCC2=C3C=CC4=CC(NC(N)=O)CC[C@]4(C)[C@H]3CC[C@@]21C. The highest BCUT2D eigenvalue weighted by Gasteiger charge is 2.53. The zero-order valence-corrected chi connectivity index (χ0v) is 21.1. The number of urea groups is 1. The fourth-order valence-corrected chi connectivity index (χ4v) is 7.36. The third kappa shape index (κ3) is 3.90. The first-order valence-corrected chi connectivity index (χ1v) is 12.9. The molecular formula is C29H44N2O. The number of primary amides is 1. The number of allylic oxidation sites excluding steroid dienone is 7. The van der Waals surface area contributed by atoms with Gasteiger partial charge in [-0.25, -0.2) is 4.79 Å². The zero-order valence-electron chi connectivity index (χ0n) is 21.1. The van der Waals surface area contributed by atoms with E-state index < -0.39 is 6.03 Å². The molecule has 0 aromatic carbocycles. The Bertz CT molecular complexity index is 878. The van der Waals surface area contributed by atoms with Crippen molar-refractivity contribution in [2.45, 2.75) is 86.1 Å². The van der Waals surface area contributed by atoms with Gasteiger partial charge in [0.1, 0.15) is 0 Å². The lowest BCUT2D eigenvalue weighted by molar-refractivity contribution is 0.139. The maximum Gasteiger partial charge on any atom is 0.312 e. The van der Waals surface area contributed by atoms with Gasteiger partial charge in [-0.1, -0.05) is 77.5 Å². The first-order chi connectivity index (χ1) is 15.1. The van der Waals surface area contributed by atoms with Crippen molar-refractivity contribution >= 4 is 6.03 Å². The lowest BCUT2D eigenvalue weighted by Gasteiger charge is -2.51. The topological polar surface area (TPSA) is 55.1 Å². The molecule has 1 fully saturated rings. The third-order valence-electron chi connectivity index (χ3n) is 9.85. The summed E-state index contributed by atoms with van der Waals surface area (Å²) in [4.78, 5) is 11.3. The molecule has 0 bridgehead atoms. The molecule has 4 rings (SSSR count). The Hall–Kier alpha value is -1.77. The van der Waals surface area contributed by atoms with Gasteiger partial charge in [0.2, 0.25) is 0 Å². The van der Waals surface area contributed by atoms with Crippen molar-refractivity contribution in [1.82, 2.24) is 5.32 Å². The standard InChI is InChI=1S/C29H44N2O/c1-18(2)19(3)7-8-20(4)24-11-12-25-23-10-9-21-17-22(31-27(30)32)13-15-28(21,5)26(23)14-16-29(24,25)6/h7-10,17-20,22,24,26H,11-16H2,1-6H3,(H3,30,31,32)/b8-7+/t19-,20+,22?,24+,26-,28-,29+/m0/s1. The molecule has 1 unspecified atom stereocenters. The molecule has 2 amide bonds. The number of rotatable bonds is 5. The van der Waals surface area contributed by atoms with Crippen LogP contribution in [0.4, 0.5) is 4.79 Å². The molecule has 3 heteroatoms. The van der Waals surface area contributed by atoms with Crippen LogP contribution in [0.5, 0.6) is 0 Å². The summed E-state index contributed by atoms with van der Waals surface area (Å²) in [5, 5.41) is 2.90. The highest BCUT2D eigenvalue weighted by Crippen LogP contribution is 2.63. The van der Waals surface area contributed by atoms with E-state index in [9.17, 15) is 4.79 Å².